The molecule has 10 heteroatoms. The number of methoxy groups -OCH3 is 2. The second-order valence-corrected chi connectivity index (χ2v) is 8.84. The van der Waals surface area contributed by atoms with E-state index in [4.69, 9.17) is 4.74 Å². The van der Waals surface area contributed by atoms with Crippen molar-refractivity contribution in [3.63, 3.8) is 0 Å². The van der Waals surface area contributed by atoms with Gasteiger partial charge in [0.1, 0.15) is 4.88 Å². The molecular weight excluding hydrogens is 358 g/mol. The van der Waals surface area contributed by atoms with Gasteiger partial charge in [0.05, 0.1) is 20.1 Å². The van der Waals surface area contributed by atoms with Gasteiger partial charge in [-0.05, 0) is 12.3 Å². The molecule has 2 rings (SSSR count). The summed E-state index contributed by atoms with van der Waals surface area (Å²) in [6.07, 6.45) is 0.427. The van der Waals surface area contributed by atoms with Gasteiger partial charge in [-0.1, -0.05) is 6.92 Å². The summed E-state index contributed by atoms with van der Waals surface area (Å²) < 4.78 is 36.5. The lowest BCUT2D eigenvalue weighted by molar-refractivity contribution is -0.143. The molecule has 1 saturated heterocycles. The summed E-state index contributed by atoms with van der Waals surface area (Å²) in [5, 5.41) is 9.21. The van der Waals surface area contributed by atoms with E-state index in [1.807, 2.05) is 6.92 Å². The highest BCUT2D eigenvalue weighted by Gasteiger charge is 2.38. The molecule has 2 atom stereocenters. The van der Waals surface area contributed by atoms with Gasteiger partial charge >= 0.3 is 11.9 Å². The van der Waals surface area contributed by atoms with Crippen molar-refractivity contribution in [1.82, 2.24) is 4.31 Å². The first kappa shape index (κ1) is 18.7. The van der Waals surface area contributed by atoms with E-state index in [0.717, 1.165) is 15.6 Å². The Balaban J connectivity index is 2.41. The predicted octanol–water partition coefficient (Wildman–Crippen LogP) is 1.27. The van der Waals surface area contributed by atoms with Crippen LogP contribution >= 0.6 is 11.3 Å². The maximum atomic E-state index is 12.9. The molecule has 8 nitrogen and oxygen atoms in total. The number of esters is 1. The van der Waals surface area contributed by atoms with E-state index in [0.29, 0.717) is 6.42 Å². The number of aliphatic carboxylic acids is 1. The normalized spacial score (nSPS) is 22.1. The molecule has 0 radical (unpaired) electrons. The zero-order valence-electron chi connectivity index (χ0n) is 13.5. The molecule has 24 heavy (non-hydrogen) atoms. The number of ether oxygens (including phenoxy) is 2. The molecule has 1 aliphatic heterocycles. The van der Waals surface area contributed by atoms with Crippen LogP contribution in [0.15, 0.2) is 10.3 Å². The number of hydrogen-bond acceptors (Lipinski definition) is 7. The molecule has 0 spiro atoms. The summed E-state index contributed by atoms with van der Waals surface area (Å²) in [6, 6.07) is 1.31. The van der Waals surface area contributed by atoms with E-state index >= 15 is 0 Å². The number of thiophene rings is 1. The first-order chi connectivity index (χ1) is 11.2. The lowest BCUT2D eigenvalue weighted by atomic mass is 9.92. The summed E-state index contributed by atoms with van der Waals surface area (Å²) >= 11 is 0.752. The third-order valence-corrected chi connectivity index (χ3v) is 7.24. The van der Waals surface area contributed by atoms with Gasteiger partial charge in [0.2, 0.25) is 0 Å². The molecule has 2 unspecified atom stereocenters. The van der Waals surface area contributed by atoms with Gasteiger partial charge in [-0.2, -0.15) is 4.31 Å². The maximum Gasteiger partial charge on any atom is 0.348 e. The Morgan fingerprint density at radius 1 is 1.33 bits per heavy atom. The number of sulfonamides is 1. The number of nitrogens with zero attached hydrogens (tertiary/aromatic N) is 1. The molecule has 2 heterocycles. The molecule has 0 aliphatic carbocycles. The molecule has 0 amide bonds. The van der Waals surface area contributed by atoms with E-state index in [1.54, 1.807) is 0 Å². The Morgan fingerprint density at radius 3 is 2.54 bits per heavy atom. The third-order valence-electron chi connectivity index (χ3n) is 3.82. The van der Waals surface area contributed by atoms with Crippen molar-refractivity contribution in [1.29, 1.82) is 0 Å². The number of carboxylic acid groups (broad SMARTS) is 1. The minimum Gasteiger partial charge on any atom is -0.494 e. The fourth-order valence-electron chi connectivity index (χ4n) is 2.68. The van der Waals surface area contributed by atoms with Crippen LogP contribution in [0.2, 0.25) is 0 Å². The van der Waals surface area contributed by atoms with Crippen molar-refractivity contribution in [2.75, 3.05) is 27.3 Å². The Labute approximate surface area is 144 Å². The number of hydrogen-bond donors (Lipinski definition) is 1. The average Bonchev–Trinajstić information content (AvgIpc) is 2.98. The second-order valence-electron chi connectivity index (χ2n) is 5.66. The number of carbonyl (C=O) groups excluding carboxylic acids is 1. The van der Waals surface area contributed by atoms with Gasteiger partial charge in [-0.15, -0.1) is 11.3 Å². The highest BCUT2D eigenvalue weighted by atomic mass is 32.2. The van der Waals surface area contributed by atoms with E-state index in [-0.39, 0.29) is 33.8 Å². The van der Waals surface area contributed by atoms with Gasteiger partial charge in [0.15, 0.2) is 9.96 Å². The van der Waals surface area contributed by atoms with Crippen LogP contribution in [0.1, 0.15) is 23.0 Å². The van der Waals surface area contributed by atoms with Crippen molar-refractivity contribution in [3.05, 3.63) is 10.9 Å². The Bertz CT molecular complexity index is 740. The number of rotatable bonds is 5. The van der Waals surface area contributed by atoms with Crippen LogP contribution in [0, 0.1) is 11.8 Å². The van der Waals surface area contributed by atoms with Crippen LogP contribution in [0.5, 0.6) is 5.75 Å². The molecule has 0 bridgehead atoms. The van der Waals surface area contributed by atoms with Crippen molar-refractivity contribution < 1.29 is 32.6 Å². The second kappa shape index (κ2) is 7.08. The van der Waals surface area contributed by atoms with Crippen LogP contribution in [0.25, 0.3) is 0 Å². The van der Waals surface area contributed by atoms with Gasteiger partial charge < -0.3 is 14.6 Å². The summed E-state index contributed by atoms with van der Waals surface area (Å²) in [5.74, 6) is -2.47. The summed E-state index contributed by atoms with van der Waals surface area (Å²) in [7, 11) is -1.46. The SMILES string of the molecule is COC(=O)c1cc(OC)c(S(=O)(=O)N2CC(C)CC(C(=O)O)C2)s1. The molecule has 1 N–H and O–H groups in total. The monoisotopic (exact) mass is 377 g/mol. The fraction of sp³-hybridized carbons (Fsp3) is 0.571. The molecule has 1 fully saturated rings. The smallest absolute Gasteiger partial charge is 0.348 e. The van der Waals surface area contributed by atoms with Crippen LogP contribution in [-0.4, -0.2) is 57.1 Å². The highest BCUT2D eigenvalue weighted by molar-refractivity contribution is 7.91. The molecule has 0 aromatic carbocycles. The van der Waals surface area contributed by atoms with E-state index < -0.39 is 27.9 Å². The predicted molar refractivity (Wildman–Crippen MR) is 85.9 cm³/mol. The zero-order chi connectivity index (χ0) is 18.1. The molecule has 1 aliphatic rings. The summed E-state index contributed by atoms with van der Waals surface area (Å²) in [6.45, 7) is 1.93. The van der Waals surface area contributed by atoms with Gasteiger partial charge in [0.25, 0.3) is 10.0 Å². The lowest BCUT2D eigenvalue weighted by Gasteiger charge is -2.33. The Morgan fingerprint density at radius 2 is 2.00 bits per heavy atom. The minimum atomic E-state index is -3.97. The van der Waals surface area contributed by atoms with Gasteiger partial charge in [0, 0.05) is 19.2 Å². The topological polar surface area (TPSA) is 110 Å². The first-order valence-corrected chi connectivity index (χ1v) is 9.45. The quantitative estimate of drug-likeness (QED) is 0.770. The van der Waals surface area contributed by atoms with Crippen LogP contribution in [0.4, 0.5) is 0 Å². The standard InChI is InChI=1S/C14H19NO7S2/c1-8-4-9(12(16)17)7-15(6-8)24(19,20)14-10(21-2)5-11(23-14)13(18)22-3/h5,8-9H,4,6-7H2,1-3H3,(H,16,17). The lowest BCUT2D eigenvalue weighted by Crippen LogP contribution is -2.45. The molecule has 0 saturated carbocycles. The van der Waals surface area contributed by atoms with E-state index in [9.17, 15) is 23.1 Å². The number of carbonyl (C=O) groups is 2. The Kier molecular flexibility index (Phi) is 5.51. The molecule has 1 aromatic heterocycles. The summed E-state index contributed by atoms with van der Waals surface area (Å²) in [5.41, 5.74) is 0. The summed E-state index contributed by atoms with van der Waals surface area (Å²) in [4.78, 5) is 23.0. The number of carboxylic acids is 1. The number of piperidine rings is 1. The van der Waals surface area contributed by atoms with Gasteiger partial charge in [-0.3, -0.25) is 4.79 Å². The highest BCUT2D eigenvalue weighted by Crippen LogP contribution is 2.37. The van der Waals surface area contributed by atoms with Crippen molar-refractivity contribution in [2.24, 2.45) is 11.8 Å². The molecule has 134 valence electrons. The zero-order valence-corrected chi connectivity index (χ0v) is 15.1. The van der Waals surface area contributed by atoms with Crippen molar-refractivity contribution in [3.8, 4) is 5.75 Å². The molecule has 1 aromatic rings. The average molecular weight is 377 g/mol. The Hall–Kier alpha value is -1.65. The van der Waals surface area contributed by atoms with Crippen LogP contribution < -0.4 is 4.74 Å². The fourth-order valence-corrected chi connectivity index (χ4v) is 5.92. The van der Waals surface area contributed by atoms with E-state index in [1.165, 1.54) is 20.3 Å². The first-order valence-electron chi connectivity index (χ1n) is 7.19. The largest absolute Gasteiger partial charge is 0.494 e. The van der Waals surface area contributed by atoms with E-state index in [2.05, 4.69) is 4.74 Å². The van der Waals surface area contributed by atoms with Crippen LogP contribution in [-0.2, 0) is 19.6 Å². The maximum absolute atomic E-state index is 12.9. The molecular formula is C14H19NO7S2. The van der Waals surface area contributed by atoms with Crippen molar-refractivity contribution >= 4 is 33.3 Å². The minimum absolute atomic E-state index is 0.0468. The van der Waals surface area contributed by atoms with Crippen molar-refractivity contribution in [2.45, 2.75) is 17.6 Å². The van der Waals surface area contributed by atoms with Crippen LogP contribution in [0.3, 0.4) is 0 Å². The third kappa shape index (κ3) is 3.55. The van der Waals surface area contributed by atoms with Gasteiger partial charge in [-0.25, -0.2) is 13.2 Å².